The molecule has 0 atom stereocenters. The Hall–Kier alpha value is -1.71. The summed E-state index contributed by atoms with van der Waals surface area (Å²) in [6, 6.07) is 8.54. The van der Waals surface area contributed by atoms with E-state index in [1.807, 2.05) is 0 Å². The molecule has 0 bridgehead atoms. The third kappa shape index (κ3) is 7.02. The van der Waals surface area contributed by atoms with E-state index in [-0.39, 0.29) is 0 Å². The molecule has 0 aromatic heterocycles. The van der Waals surface area contributed by atoms with Gasteiger partial charge in [-0.3, -0.25) is 0 Å². The summed E-state index contributed by atoms with van der Waals surface area (Å²) in [5.74, 6) is 0.908. The predicted molar refractivity (Wildman–Crippen MR) is 93.1 cm³/mol. The van der Waals surface area contributed by atoms with Crippen molar-refractivity contribution in [2.24, 2.45) is 4.99 Å². The van der Waals surface area contributed by atoms with Crippen molar-refractivity contribution < 1.29 is 0 Å². The minimum atomic E-state index is 0.705. The van der Waals surface area contributed by atoms with E-state index < -0.39 is 0 Å². The van der Waals surface area contributed by atoms with Crippen molar-refractivity contribution in [2.75, 3.05) is 32.1 Å². The molecule has 0 spiro atoms. The maximum Gasteiger partial charge on any atom is 0.191 e. The molecule has 2 N–H and O–H groups in total. The van der Waals surface area contributed by atoms with Crippen LogP contribution in [0.4, 0.5) is 5.69 Å². The van der Waals surface area contributed by atoms with Crippen LogP contribution >= 0.6 is 0 Å². The highest BCUT2D eigenvalue weighted by atomic mass is 15.2. The number of nitrogens with zero attached hydrogens (tertiary/aromatic N) is 2. The summed E-state index contributed by atoms with van der Waals surface area (Å²) >= 11 is 0. The first-order valence-corrected chi connectivity index (χ1v) is 7.95. The van der Waals surface area contributed by atoms with Gasteiger partial charge < -0.3 is 15.5 Å². The van der Waals surface area contributed by atoms with Crippen LogP contribution in [0.15, 0.2) is 29.3 Å². The van der Waals surface area contributed by atoms with Crippen molar-refractivity contribution in [2.45, 2.75) is 39.7 Å². The first-order chi connectivity index (χ1) is 10.2. The molecule has 118 valence electrons. The standard InChI is InChI=1S/C17H30N4/c1-5-7-8-13-19-17(18-6-2)20-14-15-9-11-16(12-10-15)21(3)4/h9-12H,5-8,13-14H2,1-4H3,(H2,18,19,20). The van der Waals surface area contributed by atoms with Crippen LogP contribution in [0.1, 0.15) is 38.7 Å². The van der Waals surface area contributed by atoms with Gasteiger partial charge in [0, 0.05) is 32.9 Å². The summed E-state index contributed by atoms with van der Waals surface area (Å²) in [6.45, 7) is 6.89. The van der Waals surface area contributed by atoms with E-state index in [0.29, 0.717) is 6.54 Å². The second kappa shape index (κ2) is 10.1. The molecular weight excluding hydrogens is 260 g/mol. The Labute approximate surface area is 129 Å². The van der Waals surface area contributed by atoms with E-state index in [0.717, 1.165) is 19.0 Å². The maximum absolute atomic E-state index is 4.64. The Kier molecular flexibility index (Phi) is 8.32. The lowest BCUT2D eigenvalue weighted by atomic mass is 10.2. The molecule has 0 heterocycles. The lowest BCUT2D eigenvalue weighted by Gasteiger charge is -2.13. The SMILES string of the molecule is CCCCCNC(=NCc1ccc(N(C)C)cc1)NCC. The number of hydrogen-bond acceptors (Lipinski definition) is 2. The molecule has 1 aromatic carbocycles. The molecule has 0 aliphatic heterocycles. The van der Waals surface area contributed by atoms with Gasteiger partial charge >= 0.3 is 0 Å². The Morgan fingerprint density at radius 2 is 1.76 bits per heavy atom. The number of nitrogens with one attached hydrogen (secondary N) is 2. The lowest BCUT2D eigenvalue weighted by molar-refractivity contribution is 0.683. The van der Waals surface area contributed by atoms with Crippen LogP contribution < -0.4 is 15.5 Å². The number of guanidine groups is 1. The van der Waals surface area contributed by atoms with Crippen molar-refractivity contribution >= 4 is 11.6 Å². The van der Waals surface area contributed by atoms with Gasteiger partial charge in [-0.25, -0.2) is 4.99 Å². The van der Waals surface area contributed by atoms with Gasteiger partial charge in [0.25, 0.3) is 0 Å². The van der Waals surface area contributed by atoms with Crippen LogP contribution in [0.5, 0.6) is 0 Å². The molecule has 0 fully saturated rings. The summed E-state index contributed by atoms with van der Waals surface area (Å²) in [5, 5.41) is 6.68. The molecule has 1 rings (SSSR count). The second-order valence-electron chi connectivity index (χ2n) is 5.39. The van der Waals surface area contributed by atoms with Gasteiger partial charge in [0.15, 0.2) is 5.96 Å². The van der Waals surface area contributed by atoms with E-state index >= 15 is 0 Å². The fourth-order valence-electron chi connectivity index (χ4n) is 1.99. The molecule has 0 aliphatic carbocycles. The van der Waals surface area contributed by atoms with Crippen LogP contribution in [0.3, 0.4) is 0 Å². The first kappa shape index (κ1) is 17.3. The van der Waals surface area contributed by atoms with Crippen molar-refractivity contribution in [1.29, 1.82) is 0 Å². The predicted octanol–water partition coefficient (Wildman–Crippen LogP) is 3.00. The number of aliphatic imine (C=N–C) groups is 1. The van der Waals surface area contributed by atoms with Gasteiger partial charge in [-0.1, -0.05) is 31.9 Å². The van der Waals surface area contributed by atoms with Crippen LogP contribution in [0.25, 0.3) is 0 Å². The Bertz CT molecular complexity index is 409. The maximum atomic E-state index is 4.64. The van der Waals surface area contributed by atoms with Crippen LogP contribution in [0.2, 0.25) is 0 Å². The largest absolute Gasteiger partial charge is 0.378 e. The third-order valence-corrected chi connectivity index (χ3v) is 3.29. The van der Waals surface area contributed by atoms with E-state index in [1.54, 1.807) is 0 Å². The molecule has 0 unspecified atom stereocenters. The van der Waals surface area contributed by atoms with Crippen LogP contribution in [-0.4, -0.2) is 33.1 Å². The minimum Gasteiger partial charge on any atom is -0.378 e. The van der Waals surface area contributed by atoms with Gasteiger partial charge in [-0.2, -0.15) is 0 Å². The van der Waals surface area contributed by atoms with Gasteiger partial charge in [0.1, 0.15) is 0 Å². The Balaban J connectivity index is 2.51. The van der Waals surface area contributed by atoms with Crippen LogP contribution in [0, 0.1) is 0 Å². The third-order valence-electron chi connectivity index (χ3n) is 3.29. The van der Waals surface area contributed by atoms with E-state index in [9.17, 15) is 0 Å². The average Bonchev–Trinajstić information content (AvgIpc) is 2.49. The molecule has 4 heteroatoms. The van der Waals surface area contributed by atoms with Gasteiger partial charge in [-0.05, 0) is 31.0 Å². The van der Waals surface area contributed by atoms with Gasteiger partial charge in [-0.15, -0.1) is 0 Å². The van der Waals surface area contributed by atoms with Gasteiger partial charge in [0.05, 0.1) is 6.54 Å². The first-order valence-electron chi connectivity index (χ1n) is 7.95. The number of hydrogen-bond donors (Lipinski definition) is 2. The molecule has 4 nitrogen and oxygen atoms in total. The Morgan fingerprint density at radius 3 is 2.33 bits per heavy atom. The fourth-order valence-corrected chi connectivity index (χ4v) is 1.99. The highest BCUT2D eigenvalue weighted by molar-refractivity contribution is 5.79. The second-order valence-corrected chi connectivity index (χ2v) is 5.39. The zero-order valence-electron chi connectivity index (χ0n) is 13.9. The lowest BCUT2D eigenvalue weighted by Crippen LogP contribution is -2.37. The average molecular weight is 290 g/mol. The number of unbranched alkanes of at least 4 members (excludes halogenated alkanes) is 2. The summed E-state index contributed by atoms with van der Waals surface area (Å²) in [7, 11) is 4.10. The number of benzene rings is 1. The molecular formula is C17H30N4. The van der Waals surface area contributed by atoms with E-state index in [4.69, 9.17) is 0 Å². The summed E-state index contributed by atoms with van der Waals surface area (Å²) in [5.41, 5.74) is 2.44. The topological polar surface area (TPSA) is 39.7 Å². The van der Waals surface area contributed by atoms with Crippen molar-refractivity contribution in [1.82, 2.24) is 10.6 Å². The zero-order chi connectivity index (χ0) is 15.5. The molecule has 0 saturated carbocycles. The monoisotopic (exact) mass is 290 g/mol. The summed E-state index contributed by atoms with van der Waals surface area (Å²) < 4.78 is 0. The number of anilines is 1. The molecule has 1 aromatic rings. The number of rotatable bonds is 8. The van der Waals surface area contributed by atoms with Crippen LogP contribution in [-0.2, 0) is 6.54 Å². The quantitative estimate of drug-likeness (QED) is 0.439. The fraction of sp³-hybridized carbons (Fsp3) is 0.588. The Morgan fingerprint density at radius 1 is 1.05 bits per heavy atom. The highest BCUT2D eigenvalue weighted by Crippen LogP contribution is 2.12. The minimum absolute atomic E-state index is 0.705. The van der Waals surface area contributed by atoms with Crippen molar-refractivity contribution in [3.8, 4) is 0 Å². The normalized spacial score (nSPS) is 11.3. The zero-order valence-corrected chi connectivity index (χ0v) is 13.9. The van der Waals surface area contributed by atoms with Crippen molar-refractivity contribution in [3.63, 3.8) is 0 Å². The summed E-state index contributed by atoms with van der Waals surface area (Å²) in [6.07, 6.45) is 3.70. The molecule has 0 amide bonds. The molecule has 0 saturated heterocycles. The highest BCUT2D eigenvalue weighted by Gasteiger charge is 1.98. The molecule has 21 heavy (non-hydrogen) atoms. The molecule has 0 radical (unpaired) electrons. The summed E-state index contributed by atoms with van der Waals surface area (Å²) in [4.78, 5) is 6.74. The van der Waals surface area contributed by atoms with E-state index in [2.05, 4.69) is 72.7 Å². The van der Waals surface area contributed by atoms with Crippen molar-refractivity contribution in [3.05, 3.63) is 29.8 Å². The van der Waals surface area contributed by atoms with E-state index in [1.165, 1.54) is 30.5 Å². The smallest absolute Gasteiger partial charge is 0.191 e. The van der Waals surface area contributed by atoms with Gasteiger partial charge in [0.2, 0.25) is 0 Å². The molecule has 0 aliphatic rings.